The topological polar surface area (TPSA) is 46.3 Å². The lowest BCUT2D eigenvalue weighted by molar-refractivity contribution is -0.139. The Balaban J connectivity index is 1.52. The summed E-state index contributed by atoms with van der Waals surface area (Å²) in [5.74, 6) is 0.0549. The zero-order valence-electron chi connectivity index (χ0n) is 20.5. The van der Waals surface area contributed by atoms with Crippen LogP contribution >= 0.6 is 11.8 Å². The number of hydrogen-bond donors (Lipinski definition) is 0. The monoisotopic (exact) mass is 512 g/mol. The maximum absolute atomic E-state index is 13.6. The van der Waals surface area contributed by atoms with Gasteiger partial charge in [0.15, 0.2) is 5.58 Å². The molecule has 188 valence electrons. The first-order valence-electron chi connectivity index (χ1n) is 11.6. The van der Waals surface area contributed by atoms with E-state index in [-0.39, 0.29) is 16.7 Å². The molecule has 3 aromatic carbocycles. The molecule has 4 rings (SSSR count). The van der Waals surface area contributed by atoms with Crippen molar-refractivity contribution >= 4 is 34.3 Å². The number of aromatic nitrogens is 1. The second kappa shape index (κ2) is 10.4. The second-order valence-corrected chi connectivity index (χ2v) is 10.2. The van der Waals surface area contributed by atoms with Crippen molar-refractivity contribution in [2.24, 2.45) is 0 Å². The fraction of sp³-hybridized carbons (Fsp3) is 0.286. The van der Waals surface area contributed by atoms with Gasteiger partial charge in [0.05, 0.1) is 11.3 Å². The van der Waals surface area contributed by atoms with Crippen molar-refractivity contribution in [3.8, 4) is 0 Å². The van der Waals surface area contributed by atoms with Crippen molar-refractivity contribution < 1.29 is 22.5 Å². The molecule has 0 saturated heterocycles. The molecule has 0 fully saturated rings. The molecule has 0 atom stereocenters. The Labute approximate surface area is 212 Å². The molecule has 0 unspecified atom stereocenters. The van der Waals surface area contributed by atoms with E-state index < -0.39 is 11.7 Å². The van der Waals surface area contributed by atoms with Gasteiger partial charge in [-0.25, -0.2) is 0 Å². The Morgan fingerprint density at radius 1 is 1.06 bits per heavy atom. The van der Waals surface area contributed by atoms with Gasteiger partial charge in [-0.1, -0.05) is 49.0 Å². The van der Waals surface area contributed by atoms with Crippen molar-refractivity contribution in [3.05, 3.63) is 83.0 Å². The van der Waals surface area contributed by atoms with E-state index in [0.717, 1.165) is 44.6 Å². The van der Waals surface area contributed by atoms with Crippen molar-refractivity contribution in [2.45, 2.75) is 55.5 Å². The molecule has 1 heterocycles. The summed E-state index contributed by atoms with van der Waals surface area (Å²) in [7, 11) is 1.70. The molecular weight excluding hydrogens is 485 g/mol. The van der Waals surface area contributed by atoms with E-state index in [4.69, 9.17) is 4.52 Å². The van der Waals surface area contributed by atoms with Gasteiger partial charge >= 0.3 is 6.18 Å². The van der Waals surface area contributed by atoms with Gasteiger partial charge in [-0.3, -0.25) is 4.79 Å². The largest absolute Gasteiger partial charge is 0.417 e. The predicted octanol–water partition coefficient (Wildman–Crippen LogP) is 7.89. The number of hydrogen-bond acceptors (Lipinski definition) is 4. The number of amides is 1. The number of anilines is 1. The number of fused-ring (bicyclic) bond motifs is 1. The van der Waals surface area contributed by atoms with Crippen LogP contribution in [0.15, 0.2) is 75.0 Å². The Morgan fingerprint density at radius 2 is 1.83 bits per heavy atom. The lowest BCUT2D eigenvalue weighted by Gasteiger charge is -2.16. The third-order valence-electron chi connectivity index (χ3n) is 6.14. The summed E-state index contributed by atoms with van der Waals surface area (Å²) in [6, 6.07) is 17.5. The molecule has 0 saturated carbocycles. The Bertz CT molecular complexity index is 1400. The van der Waals surface area contributed by atoms with Crippen LogP contribution in [0.2, 0.25) is 0 Å². The summed E-state index contributed by atoms with van der Waals surface area (Å²) in [5, 5.41) is 5.08. The molecule has 1 aromatic heterocycles. The van der Waals surface area contributed by atoms with Gasteiger partial charge in [0.2, 0.25) is 5.91 Å². The Hall–Kier alpha value is -3.26. The number of benzene rings is 3. The lowest BCUT2D eigenvalue weighted by atomic mass is 10.0. The van der Waals surface area contributed by atoms with Crippen molar-refractivity contribution in [1.82, 2.24) is 5.16 Å². The van der Waals surface area contributed by atoms with Gasteiger partial charge in [-0.05, 0) is 66.3 Å². The van der Waals surface area contributed by atoms with E-state index in [2.05, 4.69) is 5.16 Å². The molecule has 4 aromatic rings. The standard InChI is InChI=1S/C28H27F3N2O2S/c1-17(2)20-9-12-24(28(29,30)31)27(15-20)36-22-7-5-6-19(14-22)8-13-25-23-11-10-21(33(4)18(3)34)16-26(23)35-32-25/h5-7,9-12,14-17H,8,13H2,1-4H3. The van der Waals surface area contributed by atoms with E-state index in [0.29, 0.717) is 18.4 Å². The first-order valence-corrected chi connectivity index (χ1v) is 12.4. The molecule has 1 amide bonds. The maximum Gasteiger partial charge on any atom is 0.417 e. The number of alkyl halides is 3. The lowest BCUT2D eigenvalue weighted by Crippen LogP contribution is -2.22. The van der Waals surface area contributed by atoms with Crippen LogP contribution in [0.3, 0.4) is 0 Å². The molecule has 4 nitrogen and oxygen atoms in total. The van der Waals surface area contributed by atoms with E-state index in [1.807, 2.05) is 50.2 Å². The van der Waals surface area contributed by atoms with Crippen LogP contribution in [0.5, 0.6) is 0 Å². The molecular formula is C28H27F3N2O2S. The molecule has 36 heavy (non-hydrogen) atoms. The van der Waals surface area contributed by atoms with Gasteiger partial charge in [-0.2, -0.15) is 13.2 Å². The number of halogens is 3. The maximum atomic E-state index is 13.6. The average Bonchev–Trinajstić information content (AvgIpc) is 3.24. The molecule has 8 heteroatoms. The minimum Gasteiger partial charge on any atom is -0.356 e. The number of rotatable bonds is 7. The van der Waals surface area contributed by atoms with Gasteiger partial charge in [0.25, 0.3) is 0 Å². The van der Waals surface area contributed by atoms with E-state index in [1.165, 1.54) is 17.9 Å². The molecule has 0 aliphatic heterocycles. The number of nitrogens with zero attached hydrogens (tertiary/aromatic N) is 2. The van der Waals surface area contributed by atoms with Gasteiger partial charge in [-0.15, -0.1) is 0 Å². The summed E-state index contributed by atoms with van der Waals surface area (Å²) >= 11 is 1.13. The second-order valence-electron chi connectivity index (χ2n) is 9.05. The van der Waals surface area contributed by atoms with Crippen LogP contribution in [0.1, 0.15) is 49.1 Å². The van der Waals surface area contributed by atoms with Crippen LogP contribution in [-0.2, 0) is 23.8 Å². The molecule has 0 spiro atoms. The number of carbonyl (C=O) groups excluding carboxylic acids is 1. The van der Waals surface area contributed by atoms with Crippen LogP contribution < -0.4 is 4.90 Å². The summed E-state index contributed by atoms with van der Waals surface area (Å²) in [6.07, 6.45) is -3.15. The number of aryl methyl sites for hydroxylation is 2. The summed E-state index contributed by atoms with van der Waals surface area (Å²) in [6.45, 7) is 5.43. The normalized spacial score (nSPS) is 11.9. The Morgan fingerprint density at radius 3 is 2.53 bits per heavy atom. The number of carbonyl (C=O) groups is 1. The summed E-state index contributed by atoms with van der Waals surface area (Å²) in [4.78, 5) is 14.1. The zero-order chi connectivity index (χ0) is 26.0. The predicted molar refractivity (Wildman–Crippen MR) is 137 cm³/mol. The van der Waals surface area contributed by atoms with E-state index in [9.17, 15) is 18.0 Å². The zero-order valence-corrected chi connectivity index (χ0v) is 21.3. The van der Waals surface area contributed by atoms with Crippen LogP contribution in [-0.4, -0.2) is 18.1 Å². The van der Waals surface area contributed by atoms with Gasteiger partial charge in [0, 0.05) is 40.9 Å². The minimum atomic E-state index is -4.41. The fourth-order valence-corrected chi connectivity index (χ4v) is 5.02. The first kappa shape index (κ1) is 25.8. The van der Waals surface area contributed by atoms with E-state index in [1.54, 1.807) is 25.2 Å². The van der Waals surface area contributed by atoms with Crippen LogP contribution in [0.4, 0.5) is 18.9 Å². The van der Waals surface area contributed by atoms with E-state index >= 15 is 0 Å². The van der Waals surface area contributed by atoms with Crippen LogP contribution in [0, 0.1) is 0 Å². The van der Waals surface area contributed by atoms with Crippen LogP contribution in [0.25, 0.3) is 11.0 Å². The van der Waals surface area contributed by atoms with Gasteiger partial charge in [0.1, 0.15) is 0 Å². The molecule has 0 aliphatic carbocycles. The molecule has 0 radical (unpaired) electrons. The molecule has 0 aliphatic rings. The average molecular weight is 513 g/mol. The molecule has 0 N–H and O–H groups in total. The van der Waals surface area contributed by atoms with Crippen molar-refractivity contribution in [2.75, 3.05) is 11.9 Å². The third kappa shape index (κ3) is 5.75. The van der Waals surface area contributed by atoms with Gasteiger partial charge < -0.3 is 9.42 Å². The minimum absolute atomic E-state index is 0.0786. The first-order chi connectivity index (χ1) is 17.0. The van der Waals surface area contributed by atoms with Crippen molar-refractivity contribution in [3.63, 3.8) is 0 Å². The summed E-state index contributed by atoms with van der Waals surface area (Å²) < 4.78 is 46.4. The molecule has 0 bridgehead atoms. The Kier molecular flexibility index (Phi) is 7.45. The SMILES string of the molecule is CC(=O)N(C)c1ccc2c(CCc3cccc(Sc4cc(C(C)C)ccc4C(F)(F)F)c3)noc2c1. The fourth-order valence-electron chi connectivity index (χ4n) is 3.92. The third-order valence-corrected chi connectivity index (χ3v) is 7.19. The van der Waals surface area contributed by atoms with Crippen molar-refractivity contribution in [1.29, 1.82) is 0 Å². The highest BCUT2D eigenvalue weighted by Gasteiger charge is 2.33. The highest BCUT2D eigenvalue weighted by molar-refractivity contribution is 7.99. The smallest absolute Gasteiger partial charge is 0.356 e. The summed E-state index contributed by atoms with van der Waals surface area (Å²) in [5.41, 5.74) is 3.37. The highest BCUT2D eigenvalue weighted by atomic mass is 32.2. The highest BCUT2D eigenvalue weighted by Crippen LogP contribution is 2.41. The quantitative estimate of drug-likeness (QED) is 0.253.